The molecule has 0 aliphatic carbocycles. The highest BCUT2D eigenvalue weighted by Gasteiger charge is 2.05. The van der Waals surface area contributed by atoms with Crippen molar-refractivity contribution < 1.29 is 4.52 Å². The molecule has 2 aromatic rings. The Labute approximate surface area is 88.3 Å². The maximum atomic E-state index is 4.75. The van der Waals surface area contributed by atoms with Crippen LogP contribution >= 0.6 is 0 Å². The van der Waals surface area contributed by atoms with E-state index in [1.54, 1.807) is 18.7 Å². The van der Waals surface area contributed by atoms with Crippen LogP contribution in [-0.4, -0.2) is 10.1 Å². The van der Waals surface area contributed by atoms with Crippen molar-refractivity contribution in [3.05, 3.63) is 48.1 Å². The molecule has 0 aliphatic rings. The molecular formula is C11H13N3O. The van der Waals surface area contributed by atoms with Crippen LogP contribution in [0.1, 0.15) is 24.2 Å². The third kappa shape index (κ3) is 2.63. The van der Waals surface area contributed by atoms with E-state index in [-0.39, 0.29) is 6.04 Å². The quantitative estimate of drug-likeness (QED) is 0.824. The van der Waals surface area contributed by atoms with E-state index >= 15 is 0 Å². The third-order valence-corrected chi connectivity index (χ3v) is 2.23. The summed E-state index contributed by atoms with van der Waals surface area (Å²) in [5.41, 5.74) is 2.08. The maximum Gasteiger partial charge on any atom is 0.128 e. The summed E-state index contributed by atoms with van der Waals surface area (Å²) in [6.45, 7) is 2.82. The zero-order valence-corrected chi connectivity index (χ0v) is 8.55. The molecule has 4 nitrogen and oxygen atoms in total. The van der Waals surface area contributed by atoms with Gasteiger partial charge in [0.1, 0.15) is 6.26 Å². The smallest absolute Gasteiger partial charge is 0.128 e. The molecule has 0 fully saturated rings. The summed E-state index contributed by atoms with van der Waals surface area (Å²) in [5.74, 6) is 0. The highest BCUT2D eigenvalue weighted by Crippen LogP contribution is 2.08. The number of hydrogen-bond donors (Lipinski definition) is 1. The van der Waals surface area contributed by atoms with E-state index in [0.717, 1.165) is 17.8 Å². The predicted octanol–water partition coefficient (Wildman–Crippen LogP) is 1.92. The molecular weight excluding hydrogens is 190 g/mol. The summed E-state index contributed by atoms with van der Waals surface area (Å²) in [5, 5.41) is 6.98. The average Bonchev–Trinajstić information content (AvgIpc) is 2.80. The molecule has 4 heteroatoms. The van der Waals surface area contributed by atoms with Crippen molar-refractivity contribution in [1.82, 2.24) is 15.5 Å². The monoisotopic (exact) mass is 203 g/mol. The van der Waals surface area contributed by atoms with Crippen LogP contribution in [0, 0.1) is 0 Å². The number of aromatic nitrogens is 2. The molecule has 1 N–H and O–H groups in total. The number of nitrogens with one attached hydrogen (secondary N) is 1. The summed E-state index contributed by atoms with van der Waals surface area (Å²) in [7, 11) is 0. The zero-order chi connectivity index (χ0) is 10.5. The van der Waals surface area contributed by atoms with E-state index in [0.29, 0.717) is 0 Å². The second kappa shape index (κ2) is 4.70. The predicted molar refractivity (Wildman–Crippen MR) is 56.0 cm³/mol. The number of rotatable bonds is 4. The average molecular weight is 203 g/mol. The molecule has 1 atom stereocenters. The van der Waals surface area contributed by atoms with Gasteiger partial charge in [-0.15, -0.1) is 0 Å². The molecule has 2 rings (SSSR count). The van der Waals surface area contributed by atoms with E-state index in [1.165, 1.54) is 0 Å². The van der Waals surface area contributed by atoms with Crippen molar-refractivity contribution in [1.29, 1.82) is 0 Å². The Kier molecular flexibility index (Phi) is 3.09. The molecule has 0 saturated heterocycles. The van der Waals surface area contributed by atoms with Crippen LogP contribution in [0.4, 0.5) is 0 Å². The lowest BCUT2D eigenvalue weighted by Crippen LogP contribution is -2.18. The van der Waals surface area contributed by atoms with Crippen molar-refractivity contribution in [2.24, 2.45) is 0 Å². The van der Waals surface area contributed by atoms with E-state index in [9.17, 15) is 0 Å². The summed E-state index contributed by atoms with van der Waals surface area (Å²) >= 11 is 0. The molecule has 15 heavy (non-hydrogen) atoms. The topological polar surface area (TPSA) is 51.0 Å². The maximum absolute atomic E-state index is 4.75. The van der Waals surface area contributed by atoms with Crippen LogP contribution in [0.5, 0.6) is 0 Å². The minimum Gasteiger partial charge on any atom is -0.364 e. The van der Waals surface area contributed by atoms with Gasteiger partial charge in [0.15, 0.2) is 0 Å². The van der Waals surface area contributed by atoms with Crippen LogP contribution in [0.25, 0.3) is 0 Å². The summed E-state index contributed by atoms with van der Waals surface area (Å²) in [4.78, 5) is 4.28. The van der Waals surface area contributed by atoms with Crippen LogP contribution in [0.3, 0.4) is 0 Å². The van der Waals surface area contributed by atoms with Gasteiger partial charge in [-0.2, -0.15) is 0 Å². The van der Waals surface area contributed by atoms with Crippen molar-refractivity contribution in [2.45, 2.75) is 19.5 Å². The Morgan fingerprint density at radius 1 is 1.47 bits per heavy atom. The van der Waals surface area contributed by atoms with Gasteiger partial charge in [0.25, 0.3) is 0 Å². The van der Waals surface area contributed by atoms with Gasteiger partial charge in [0, 0.05) is 24.3 Å². The Hall–Kier alpha value is -1.68. The van der Waals surface area contributed by atoms with Crippen LogP contribution in [0.2, 0.25) is 0 Å². The van der Waals surface area contributed by atoms with Gasteiger partial charge in [0.2, 0.25) is 0 Å². The highest BCUT2D eigenvalue weighted by atomic mass is 16.5. The molecule has 78 valence electrons. The number of nitrogens with zero attached hydrogens (tertiary/aromatic N) is 2. The molecule has 0 amide bonds. The fourth-order valence-electron chi connectivity index (χ4n) is 1.32. The highest BCUT2D eigenvalue weighted by molar-refractivity contribution is 5.08. The van der Waals surface area contributed by atoms with Crippen LogP contribution < -0.4 is 5.32 Å². The lowest BCUT2D eigenvalue weighted by Gasteiger charge is -2.11. The van der Waals surface area contributed by atoms with E-state index in [2.05, 4.69) is 22.4 Å². The van der Waals surface area contributed by atoms with E-state index < -0.39 is 0 Å². The van der Waals surface area contributed by atoms with Crippen molar-refractivity contribution in [3.8, 4) is 0 Å². The molecule has 0 spiro atoms. The normalized spacial score (nSPS) is 12.6. The molecule has 0 saturated carbocycles. The molecule has 0 bridgehead atoms. The van der Waals surface area contributed by atoms with Gasteiger partial charge >= 0.3 is 0 Å². The molecule has 0 radical (unpaired) electrons. The standard InChI is InChI=1S/C11H13N3O/c1-9(11-4-2-3-5-12-11)13-6-10-7-14-15-8-10/h2-5,7-9,13H,6H2,1H3. The SMILES string of the molecule is CC(NCc1cnoc1)c1ccccn1. The molecule has 2 aromatic heterocycles. The van der Waals surface area contributed by atoms with E-state index in [1.807, 2.05) is 18.2 Å². The van der Waals surface area contributed by atoms with Crippen molar-refractivity contribution in [3.63, 3.8) is 0 Å². The summed E-state index contributed by atoms with van der Waals surface area (Å²) in [6, 6.07) is 6.13. The summed E-state index contributed by atoms with van der Waals surface area (Å²) in [6.07, 6.45) is 5.14. The minimum atomic E-state index is 0.223. The van der Waals surface area contributed by atoms with Gasteiger partial charge in [-0.05, 0) is 19.1 Å². The zero-order valence-electron chi connectivity index (χ0n) is 8.55. The first-order chi connectivity index (χ1) is 7.36. The fourth-order valence-corrected chi connectivity index (χ4v) is 1.32. The van der Waals surface area contributed by atoms with Gasteiger partial charge in [0.05, 0.1) is 11.9 Å². The first-order valence-corrected chi connectivity index (χ1v) is 4.89. The van der Waals surface area contributed by atoms with Crippen molar-refractivity contribution >= 4 is 0 Å². The largest absolute Gasteiger partial charge is 0.364 e. The first kappa shape index (κ1) is 9.86. The Morgan fingerprint density at radius 2 is 2.40 bits per heavy atom. The third-order valence-electron chi connectivity index (χ3n) is 2.23. The number of hydrogen-bond acceptors (Lipinski definition) is 4. The Morgan fingerprint density at radius 3 is 3.07 bits per heavy atom. The molecule has 0 aromatic carbocycles. The second-order valence-corrected chi connectivity index (χ2v) is 3.39. The van der Waals surface area contributed by atoms with Gasteiger partial charge < -0.3 is 9.84 Å². The van der Waals surface area contributed by atoms with Crippen LogP contribution in [-0.2, 0) is 6.54 Å². The first-order valence-electron chi connectivity index (χ1n) is 4.89. The van der Waals surface area contributed by atoms with E-state index in [4.69, 9.17) is 4.52 Å². The van der Waals surface area contributed by atoms with Gasteiger partial charge in [-0.1, -0.05) is 11.2 Å². The van der Waals surface area contributed by atoms with Gasteiger partial charge in [-0.25, -0.2) is 0 Å². The second-order valence-electron chi connectivity index (χ2n) is 3.39. The molecule has 0 aliphatic heterocycles. The summed E-state index contributed by atoms with van der Waals surface area (Å²) < 4.78 is 4.75. The van der Waals surface area contributed by atoms with Crippen molar-refractivity contribution in [2.75, 3.05) is 0 Å². The van der Waals surface area contributed by atoms with Crippen LogP contribution in [0.15, 0.2) is 41.4 Å². The Balaban J connectivity index is 1.90. The van der Waals surface area contributed by atoms with Gasteiger partial charge in [-0.3, -0.25) is 4.98 Å². The fraction of sp³-hybridized carbons (Fsp3) is 0.273. The molecule has 1 unspecified atom stereocenters. The lowest BCUT2D eigenvalue weighted by molar-refractivity contribution is 0.418. The Bertz CT molecular complexity index is 385. The minimum absolute atomic E-state index is 0.223. The lowest BCUT2D eigenvalue weighted by atomic mass is 10.2. The number of pyridine rings is 1. The molecule has 2 heterocycles.